The van der Waals surface area contributed by atoms with Crippen molar-refractivity contribution >= 4 is 18.3 Å². The molecule has 0 aliphatic carbocycles. The number of carbonyl (C=O) groups excluding carboxylic acids is 1. The van der Waals surface area contributed by atoms with Crippen molar-refractivity contribution in [3.63, 3.8) is 0 Å². The third-order valence-corrected chi connectivity index (χ3v) is 2.69. The van der Waals surface area contributed by atoms with Crippen LogP contribution < -0.4 is 5.32 Å². The molecule has 2 heterocycles. The van der Waals surface area contributed by atoms with Gasteiger partial charge in [0.25, 0.3) is 0 Å². The standard InChI is InChI=1S/C8H14N2O.ClH/c1-6-8(11)10-4-2-3-7(10)5-9-6;/h6-7,9H,2-5H2,1H3;1H/t6-,7+;/m0./s1. The van der Waals surface area contributed by atoms with Crippen LogP contribution in [0.2, 0.25) is 0 Å². The first-order chi connectivity index (χ1) is 5.29. The van der Waals surface area contributed by atoms with Gasteiger partial charge in [-0.25, -0.2) is 0 Å². The van der Waals surface area contributed by atoms with Crippen LogP contribution in [0, 0.1) is 0 Å². The molecule has 4 heteroatoms. The van der Waals surface area contributed by atoms with Crippen LogP contribution >= 0.6 is 12.4 Å². The van der Waals surface area contributed by atoms with Crippen molar-refractivity contribution in [2.75, 3.05) is 13.1 Å². The Bertz CT molecular complexity index is 186. The Balaban J connectivity index is 0.000000720. The number of halogens is 1. The monoisotopic (exact) mass is 190 g/mol. The summed E-state index contributed by atoms with van der Waals surface area (Å²) in [4.78, 5) is 13.5. The van der Waals surface area contributed by atoms with Gasteiger partial charge in [-0.1, -0.05) is 0 Å². The maximum atomic E-state index is 11.5. The Morgan fingerprint density at radius 2 is 2.33 bits per heavy atom. The normalized spacial score (nSPS) is 34.4. The molecule has 12 heavy (non-hydrogen) atoms. The molecule has 2 saturated heterocycles. The lowest BCUT2D eigenvalue weighted by molar-refractivity contribution is -0.136. The second-order valence-corrected chi connectivity index (χ2v) is 3.46. The van der Waals surface area contributed by atoms with Crippen molar-refractivity contribution in [2.24, 2.45) is 0 Å². The van der Waals surface area contributed by atoms with E-state index in [0.717, 1.165) is 13.1 Å². The van der Waals surface area contributed by atoms with Crippen molar-refractivity contribution in [3.8, 4) is 0 Å². The fraction of sp³-hybridized carbons (Fsp3) is 0.875. The Labute approximate surface area is 78.9 Å². The molecule has 2 aliphatic rings. The minimum atomic E-state index is 0. The summed E-state index contributed by atoms with van der Waals surface area (Å²) in [6.07, 6.45) is 2.37. The van der Waals surface area contributed by atoms with E-state index in [-0.39, 0.29) is 18.4 Å². The van der Waals surface area contributed by atoms with E-state index in [1.165, 1.54) is 12.8 Å². The van der Waals surface area contributed by atoms with E-state index < -0.39 is 0 Å². The lowest BCUT2D eigenvalue weighted by Crippen LogP contribution is -2.56. The van der Waals surface area contributed by atoms with Crippen LogP contribution in [0.15, 0.2) is 0 Å². The molecule has 2 rings (SSSR count). The molecular formula is C8H15ClN2O. The summed E-state index contributed by atoms with van der Waals surface area (Å²) in [5.74, 6) is 0.291. The number of amides is 1. The Morgan fingerprint density at radius 3 is 3.08 bits per heavy atom. The quantitative estimate of drug-likeness (QED) is 0.600. The second-order valence-electron chi connectivity index (χ2n) is 3.46. The first kappa shape index (κ1) is 9.81. The summed E-state index contributed by atoms with van der Waals surface area (Å²) in [7, 11) is 0. The lowest BCUT2D eigenvalue weighted by atomic mass is 10.1. The van der Waals surface area contributed by atoms with Gasteiger partial charge in [-0.2, -0.15) is 0 Å². The van der Waals surface area contributed by atoms with Crippen LogP contribution in [0.1, 0.15) is 19.8 Å². The third kappa shape index (κ3) is 1.43. The molecule has 2 fully saturated rings. The highest BCUT2D eigenvalue weighted by atomic mass is 35.5. The smallest absolute Gasteiger partial charge is 0.239 e. The third-order valence-electron chi connectivity index (χ3n) is 2.69. The molecule has 0 unspecified atom stereocenters. The van der Waals surface area contributed by atoms with E-state index >= 15 is 0 Å². The van der Waals surface area contributed by atoms with Crippen molar-refractivity contribution in [3.05, 3.63) is 0 Å². The number of carbonyl (C=O) groups is 1. The zero-order valence-electron chi connectivity index (χ0n) is 7.25. The van der Waals surface area contributed by atoms with Crippen molar-refractivity contribution < 1.29 is 4.79 Å². The van der Waals surface area contributed by atoms with E-state index in [0.29, 0.717) is 11.9 Å². The number of nitrogens with one attached hydrogen (secondary N) is 1. The fourth-order valence-corrected chi connectivity index (χ4v) is 1.99. The Morgan fingerprint density at radius 1 is 1.58 bits per heavy atom. The van der Waals surface area contributed by atoms with Gasteiger partial charge in [0.1, 0.15) is 0 Å². The number of nitrogens with zero attached hydrogens (tertiary/aromatic N) is 1. The lowest BCUT2D eigenvalue weighted by Gasteiger charge is -2.33. The van der Waals surface area contributed by atoms with E-state index in [2.05, 4.69) is 5.32 Å². The molecule has 0 aromatic rings. The minimum Gasteiger partial charge on any atom is -0.337 e. The molecule has 70 valence electrons. The number of fused-ring (bicyclic) bond motifs is 1. The summed E-state index contributed by atoms with van der Waals surface area (Å²) in [5.41, 5.74) is 0. The van der Waals surface area contributed by atoms with Gasteiger partial charge < -0.3 is 10.2 Å². The fourth-order valence-electron chi connectivity index (χ4n) is 1.99. The molecule has 2 atom stereocenters. The number of piperazine rings is 1. The van der Waals surface area contributed by atoms with Gasteiger partial charge in [0, 0.05) is 19.1 Å². The molecule has 1 amide bonds. The van der Waals surface area contributed by atoms with Gasteiger partial charge in [-0.05, 0) is 19.8 Å². The summed E-state index contributed by atoms with van der Waals surface area (Å²) in [5, 5.41) is 3.21. The molecule has 0 spiro atoms. The highest BCUT2D eigenvalue weighted by Gasteiger charge is 2.35. The molecule has 1 N–H and O–H groups in total. The average molecular weight is 191 g/mol. The topological polar surface area (TPSA) is 32.3 Å². The van der Waals surface area contributed by atoms with Crippen LogP contribution in [-0.4, -0.2) is 36.0 Å². The SMILES string of the molecule is C[C@@H]1NC[C@H]2CCCN2C1=O.Cl. The van der Waals surface area contributed by atoms with Crippen LogP contribution in [0.3, 0.4) is 0 Å². The number of hydrogen-bond acceptors (Lipinski definition) is 2. The largest absolute Gasteiger partial charge is 0.337 e. The molecule has 3 nitrogen and oxygen atoms in total. The van der Waals surface area contributed by atoms with Gasteiger partial charge in [0.05, 0.1) is 6.04 Å². The molecular weight excluding hydrogens is 176 g/mol. The number of hydrogen-bond donors (Lipinski definition) is 1. The highest BCUT2D eigenvalue weighted by molar-refractivity contribution is 5.85. The van der Waals surface area contributed by atoms with Crippen molar-refractivity contribution in [1.29, 1.82) is 0 Å². The summed E-state index contributed by atoms with van der Waals surface area (Å²) >= 11 is 0. The van der Waals surface area contributed by atoms with E-state index in [1.54, 1.807) is 0 Å². The molecule has 0 aromatic heterocycles. The van der Waals surface area contributed by atoms with E-state index in [1.807, 2.05) is 11.8 Å². The van der Waals surface area contributed by atoms with Gasteiger partial charge in [-0.3, -0.25) is 4.79 Å². The molecule has 2 aliphatic heterocycles. The van der Waals surface area contributed by atoms with Gasteiger partial charge in [0.15, 0.2) is 0 Å². The van der Waals surface area contributed by atoms with Crippen LogP contribution in [0.4, 0.5) is 0 Å². The second kappa shape index (κ2) is 3.62. The predicted molar refractivity (Wildman–Crippen MR) is 49.4 cm³/mol. The molecule has 0 radical (unpaired) electrons. The predicted octanol–water partition coefficient (Wildman–Crippen LogP) is 0.391. The van der Waals surface area contributed by atoms with E-state index in [9.17, 15) is 4.79 Å². The van der Waals surface area contributed by atoms with Crippen LogP contribution in [-0.2, 0) is 4.79 Å². The van der Waals surface area contributed by atoms with E-state index in [4.69, 9.17) is 0 Å². The van der Waals surface area contributed by atoms with Crippen molar-refractivity contribution in [1.82, 2.24) is 10.2 Å². The Kier molecular flexibility index (Phi) is 2.96. The van der Waals surface area contributed by atoms with Crippen LogP contribution in [0.5, 0.6) is 0 Å². The molecule has 0 aromatic carbocycles. The summed E-state index contributed by atoms with van der Waals surface area (Å²) in [6.45, 7) is 3.92. The Hall–Kier alpha value is -0.280. The van der Waals surface area contributed by atoms with Gasteiger partial charge in [-0.15, -0.1) is 12.4 Å². The maximum Gasteiger partial charge on any atom is 0.239 e. The first-order valence-electron chi connectivity index (χ1n) is 4.33. The van der Waals surface area contributed by atoms with Crippen molar-refractivity contribution in [2.45, 2.75) is 31.8 Å². The minimum absolute atomic E-state index is 0. The number of rotatable bonds is 0. The molecule has 0 bridgehead atoms. The average Bonchev–Trinajstić information content (AvgIpc) is 2.45. The maximum absolute atomic E-state index is 11.5. The summed E-state index contributed by atoms with van der Waals surface area (Å²) < 4.78 is 0. The zero-order chi connectivity index (χ0) is 7.84. The van der Waals surface area contributed by atoms with Gasteiger partial charge >= 0.3 is 0 Å². The van der Waals surface area contributed by atoms with Crippen LogP contribution in [0.25, 0.3) is 0 Å². The van der Waals surface area contributed by atoms with Gasteiger partial charge in [0.2, 0.25) is 5.91 Å². The zero-order valence-corrected chi connectivity index (χ0v) is 8.06. The first-order valence-corrected chi connectivity index (χ1v) is 4.33. The molecule has 0 saturated carbocycles. The highest BCUT2D eigenvalue weighted by Crippen LogP contribution is 2.20. The summed E-state index contributed by atoms with van der Waals surface area (Å²) in [6, 6.07) is 0.544.